The molecule has 0 saturated heterocycles. The van der Waals surface area contributed by atoms with Gasteiger partial charge in [-0.25, -0.2) is 0 Å². The number of nitrogens with one attached hydrogen (secondary N) is 1. The van der Waals surface area contributed by atoms with Crippen LogP contribution in [0.3, 0.4) is 0 Å². The second-order valence-corrected chi connectivity index (χ2v) is 3.28. The zero-order valence-electron chi connectivity index (χ0n) is 7.86. The number of aromatic nitrogens is 2. The summed E-state index contributed by atoms with van der Waals surface area (Å²) >= 11 is 0. The number of aldehydes is 1. The third-order valence-electron chi connectivity index (χ3n) is 2.29. The SMILES string of the molecule is O=CCCCc1[nH]nc2ccccc12. The predicted molar refractivity (Wildman–Crippen MR) is 55.1 cm³/mol. The summed E-state index contributed by atoms with van der Waals surface area (Å²) in [6, 6.07) is 8.00. The molecule has 1 aromatic heterocycles. The highest BCUT2D eigenvalue weighted by Crippen LogP contribution is 2.16. The maximum Gasteiger partial charge on any atom is 0.120 e. The lowest BCUT2D eigenvalue weighted by Crippen LogP contribution is -1.87. The van der Waals surface area contributed by atoms with Gasteiger partial charge >= 0.3 is 0 Å². The van der Waals surface area contributed by atoms with Crippen molar-refractivity contribution >= 4 is 17.2 Å². The first-order valence-electron chi connectivity index (χ1n) is 4.77. The van der Waals surface area contributed by atoms with Crippen LogP contribution in [0.2, 0.25) is 0 Å². The van der Waals surface area contributed by atoms with Gasteiger partial charge in [-0.15, -0.1) is 0 Å². The number of hydrogen-bond acceptors (Lipinski definition) is 2. The third-order valence-corrected chi connectivity index (χ3v) is 2.29. The van der Waals surface area contributed by atoms with Crippen molar-refractivity contribution in [3.63, 3.8) is 0 Å². The van der Waals surface area contributed by atoms with Crippen LogP contribution in [0, 0.1) is 0 Å². The molecule has 0 fully saturated rings. The molecule has 3 heteroatoms. The number of aromatic amines is 1. The molecular formula is C11H12N2O. The Morgan fingerprint density at radius 1 is 1.36 bits per heavy atom. The molecule has 0 radical (unpaired) electrons. The minimum atomic E-state index is 0.618. The molecule has 0 saturated carbocycles. The van der Waals surface area contributed by atoms with Crippen LogP contribution in [-0.2, 0) is 11.2 Å². The van der Waals surface area contributed by atoms with E-state index in [1.807, 2.05) is 18.2 Å². The summed E-state index contributed by atoms with van der Waals surface area (Å²) in [5.74, 6) is 0. The molecule has 0 aliphatic rings. The van der Waals surface area contributed by atoms with Gasteiger partial charge in [0.25, 0.3) is 0 Å². The molecule has 0 unspecified atom stereocenters. The molecule has 1 heterocycles. The van der Waals surface area contributed by atoms with E-state index in [4.69, 9.17) is 0 Å². The van der Waals surface area contributed by atoms with Gasteiger partial charge in [-0.3, -0.25) is 5.10 Å². The maximum atomic E-state index is 10.2. The van der Waals surface area contributed by atoms with E-state index in [9.17, 15) is 4.79 Å². The average molecular weight is 188 g/mol. The van der Waals surface area contributed by atoms with Gasteiger partial charge < -0.3 is 4.79 Å². The Bertz CT molecular complexity index is 434. The Hall–Kier alpha value is -1.64. The molecule has 0 aliphatic heterocycles. The molecule has 0 spiro atoms. The van der Waals surface area contributed by atoms with Crippen LogP contribution in [-0.4, -0.2) is 16.5 Å². The van der Waals surface area contributed by atoms with E-state index in [-0.39, 0.29) is 0 Å². The largest absolute Gasteiger partial charge is 0.303 e. The minimum absolute atomic E-state index is 0.618. The van der Waals surface area contributed by atoms with Crippen LogP contribution >= 0.6 is 0 Å². The molecule has 0 atom stereocenters. The molecule has 2 rings (SSSR count). The summed E-state index contributed by atoms with van der Waals surface area (Å²) in [7, 11) is 0. The first-order valence-corrected chi connectivity index (χ1v) is 4.77. The fourth-order valence-corrected chi connectivity index (χ4v) is 1.57. The first kappa shape index (κ1) is 8.94. The molecule has 1 N–H and O–H groups in total. The predicted octanol–water partition coefficient (Wildman–Crippen LogP) is 2.08. The second-order valence-electron chi connectivity index (χ2n) is 3.28. The van der Waals surface area contributed by atoms with Gasteiger partial charge in [0.2, 0.25) is 0 Å². The highest BCUT2D eigenvalue weighted by Gasteiger charge is 2.02. The molecule has 14 heavy (non-hydrogen) atoms. The third kappa shape index (κ3) is 1.66. The highest BCUT2D eigenvalue weighted by atomic mass is 16.1. The van der Waals surface area contributed by atoms with Crippen LogP contribution < -0.4 is 0 Å². The zero-order valence-corrected chi connectivity index (χ0v) is 7.86. The zero-order chi connectivity index (χ0) is 9.80. The summed E-state index contributed by atoms with van der Waals surface area (Å²) in [5, 5.41) is 8.36. The topological polar surface area (TPSA) is 45.8 Å². The molecule has 0 amide bonds. The Morgan fingerprint density at radius 2 is 2.21 bits per heavy atom. The molecule has 3 nitrogen and oxygen atoms in total. The van der Waals surface area contributed by atoms with Crippen molar-refractivity contribution < 1.29 is 4.79 Å². The van der Waals surface area contributed by atoms with Crippen molar-refractivity contribution in [2.24, 2.45) is 0 Å². The summed E-state index contributed by atoms with van der Waals surface area (Å²) < 4.78 is 0. The van der Waals surface area contributed by atoms with E-state index in [0.717, 1.165) is 30.3 Å². The van der Waals surface area contributed by atoms with Crippen LogP contribution in [0.25, 0.3) is 10.9 Å². The average Bonchev–Trinajstić information content (AvgIpc) is 2.63. The van der Waals surface area contributed by atoms with Crippen LogP contribution in [0.15, 0.2) is 24.3 Å². The number of para-hydroxylation sites is 1. The smallest absolute Gasteiger partial charge is 0.120 e. The Labute approximate surface area is 82.1 Å². The monoisotopic (exact) mass is 188 g/mol. The number of fused-ring (bicyclic) bond motifs is 1. The number of nitrogens with zero attached hydrogens (tertiary/aromatic N) is 1. The summed E-state index contributed by atoms with van der Waals surface area (Å²) in [5.41, 5.74) is 2.12. The van der Waals surface area contributed by atoms with Crippen molar-refractivity contribution in [3.05, 3.63) is 30.0 Å². The second kappa shape index (κ2) is 4.05. The van der Waals surface area contributed by atoms with E-state index >= 15 is 0 Å². The van der Waals surface area contributed by atoms with E-state index in [1.165, 1.54) is 5.39 Å². The number of benzene rings is 1. The fourth-order valence-electron chi connectivity index (χ4n) is 1.57. The van der Waals surface area contributed by atoms with Gasteiger partial charge in [0.05, 0.1) is 5.52 Å². The Morgan fingerprint density at radius 3 is 3.07 bits per heavy atom. The van der Waals surface area contributed by atoms with Crippen LogP contribution in [0.4, 0.5) is 0 Å². The number of unbranched alkanes of at least 4 members (excludes halogenated alkanes) is 1. The first-order chi connectivity index (χ1) is 6.92. The molecule has 1 aromatic carbocycles. The number of H-pyrrole nitrogens is 1. The van der Waals surface area contributed by atoms with Gasteiger partial charge in [-0.1, -0.05) is 18.2 Å². The lowest BCUT2D eigenvalue weighted by Gasteiger charge is -1.94. The van der Waals surface area contributed by atoms with Crippen molar-refractivity contribution in [2.45, 2.75) is 19.3 Å². The van der Waals surface area contributed by atoms with Crippen molar-refractivity contribution in [1.82, 2.24) is 10.2 Å². The number of carbonyl (C=O) groups is 1. The van der Waals surface area contributed by atoms with Crippen LogP contribution in [0.1, 0.15) is 18.5 Å². The Balaban J connectivity index is 2.20. The van der Waals surface area contributed by atoms with Gasteiger partial charge in [-0.2, -0.15) is 5.10 Å². The minimum Gasteiger partial charge on any atom is -0.303 e. The van der Waals surface area contributed by atoms with Gasteiger partial charge in [-0.05, 0) is 18.9 Å². The Kier molecular flexibility index (Phi) is 2.58. The number of rotatable bonds is 4. The standard InChI is InChI=1S/C11H12N2O/c14-8-4-3-7-11-9-5-1-2-6-10(9)12-13-11/h1-2,5-6,8H,3-4,7H2,(H,12,13). The summed E-state index contributed by atoms with van der Waals surface area (Å²) in [6.45, 7) is 0. The fraction of sp³-hybridized carbons (Fsp3) is 0.273. The normalized spacial score (nSPS) is 10.6. The lowest BCUT2D eigenvalue weighted by molar-refractivity contribution is -0.107. The van der Waals surface area contributed by atoms with Gasteiger partial charge in [0, 0.05) is 17.5 Å². The van der Waals surface area contributed by atoms with Crippen molar-refractivity contribution in [3.8, 4) is 0 Å². The quantitative estimate of drug-likeness (QED) is 0.589. The lowest BCUT2D eigenvalue weighted by atomic mass is 10.1. The molecule has 0 bridgehead atoms. The van der Waals surface area contributed by atoms with Gasteiger partial charge in [0.1, 0.15) is 6.29 Å². The number of hydrogen-bond donors (Lipinski definition) is 1. The molecular weight excluding hydrogens is 176 g/mol. The summed E-state index contributed by atoms with van der Waals surface area (Å²) in [6.07, 6.45) is 3.35. The van der Waals surface area contributed by atoms with Crippen molar-refractivity contribution in [2.75, 3.05) is 0 Å². The van der Waals surface area contributed by atoms with E-state index < -0.39 is 0 Å². The summed E-state index contributed by atoms with van der Waals surface area (Å²) in [4.78, 5) is 10.2. The maximum absolute atomic E-state index is 10.2. The van der Waals surface area contributed by atoms with Crippen molar-refractivity contribution in [1.29, 1.82) is 0 Å². The highest BCUT2D eigenvalue weighted by molar-refractivity contribution is 5.81. The van der Waals surface area contributed by atoms with E-state index in [2.05, 4.69) is 16.3 Å². The van der Waals surface area contributed by atoms with Gasteiger partial charge in [0.15, 0.2) is 0 Å². The van der Waals surface area contributed by atoms with Crippen LogP contribution in [0.5, 0.6) is 0 Å². The molecule has 72 valence electrons. The van der Waals surface area contributed by atoms with E-state index in [0.29, 0.717) is 6.42 Å². The number of aryl methyl sites for hydroxylation is 1. The van der Waals surface area contributed by atoms with E-state index in [1.54, 1.807) is 0 Å². The molecule has 0 aliphatic carbocycles. The number of carbonyl (C=O) groups excluding carboxylic acids is 1. The molecule has 2 aromatic rings.